The molecule has 1 aliphatic rings. The number of thiazole rings is 1. The van der Waals surface area contributed by atoms with Gasteiger partial charge in [0.15, 0.2) is 5.13 Å². The second-order valence-electron chi connectivity index (χ2n) is 10.4. The first kappa shape index (κ1) is 33.1. The number of carbonyl (C=O) groups excluding carboxylic acids is 1. The Morgan fingerprint density at radius 3 is 2.12 bits per heavy atom. The van der Waals surface area contributed by atoms with Crippen molar-refractivity contribution in [3.63, 3.8) is 0 Å². The number of likely N-dealkylation sites (N-methyl/N-ethyl adjacent to an activating group) is 1. The number of anilines is 1. The summed E-state index contributed by atoms with van der Waals surface area (Å²) >= 11 is 1.37. The van der Waals surface area contributed by atoms with Crippen molar-refractivity contribution >= 4 is 55.0 Å². The van der Waals surface area contributed by atoms with Crippen LogP contribution < -0.4 is 14.4 Å². The summed E-state index contributed by atoms with van der Waals surface area (Å²) in [6.45, 7) is 12.2. The molecule has 0 bridgehead atoms. The first-order valence-corrected chi connectivity index (χ1v) is 16.0. The van der Waals surface area contributed by atoms with E-state index in [2.05, 4.69) is 32.6 Å². The molecule has 2 atom stereocenters. The summed E-state index contributed by atoms with van der Waals surface area (Å²) in [7, 11) is -0.450. The molecule has 226 valence electrons. The van der Waals surface area contributed by atoms with E-state index in [1.807, 2.05) is 6.07 Å². The molecule has 2 heterocycles. The maximum absolute atomic E-state index is 13.9. The number of carbonyl (C=O) groups is 1. The van der Waals surface area contributed by atoms with Gasteiger partial charge in [0.05, 0.1) is 19.1 Å². The summed E-state index contributed by atoms with van der Waals surface area (Å²) in [5, 5.41) is 0.531. The Kier molecular flexibility index (Phi) is 11.4. The number of methoxy groups -OCH3 is 2. The number of aromatic nitrogens is 1. The highest BCUT2D eigenvalue weighted by molar-refractivity contribution is 7.89. The summed E-state index contributed by atoms with van der Waals surface area (Å²) in [5.41, 5.74) is 1.03. The van der Waals surface area contributed by atoms with Crippen LogP contribution in [0, 0.1) is 11.8 Å². The van der Waals surface area contributed by atoms with Crippen molar-refractivity contribution in [2.24, 2.45) is 11.8 Å². The van der Waals surface area contributed by atoms with E-state index in [0.29, 0.717) is 65.7 Å². The van der Waals surface area contributed by atoms with Gasteiger partial charge in [0.1, 0.15) is 21.7 Å². The largest absolute Gasteiger partial charge is 0.495 e. The molecule has 12 heteroatoms. The number of hydrogen-bond acceptors (Lipinski definition) is 8. The summed E-state index contributed by atoms with van der Waals surface area (Å²) in [5.74, 6) is 1.64. The van der Waals surface area contributed by atoms with Crippen LogP contribution in [0.4, 0.5) is 5.13 Å². The van der Waals surface area contributed by atoms with Gasteiger partial charge in [-0.15, -0.1) is 12.4 Å². The lowest BCUT2D eigenvalue weighted by atomic mass is 9.94. The predicted octanol–water partition coefficient (Wildman–Crippen LogP) is 5.39. The second kappa shape index (κ2) is 14.2. The lowest BCUT2D eigenvalue weighted by Crippen LogP contribution is -2.42. The highest BCUT2D eigenvalue weighted by atomic mass is 35.5. The Labute approximate surface area is 253 Å². The number of hydrogen-bond donors (Lipinski definition) is 0. The number of piperidine rings is 1. The fraction of sp³-hybridized carbons (Fsp3) is 0.517. The van der Waals surface area contributed by atoms with Crippen molar-refractivity contribution in [3.8, 4) is 11.5 Å². The molecule has 1 fully saturated rings. The van der Waals surface area contributed by atoms with Gasteiger partial charge in [-0.25, -0.2) is 13.4 Å². The standard InChI is InChI=1S/C29H40N4O5S2.ClH/c1-7-31(8-2)15-16-33(29-30-26-24(37-5)13-14-25(38-6)27(26)39-29)28(34)22-9-11-23(12-10-22)40(35,36)32-18-20(3)17-21(4)19-32;/h9-14,20-21H,7-8,15-19H2,1-6H3;1H. The molecule has 4 rings (SSSR count). The third-order valence-corrected chi connectivity index (χ3v) is 10.4. The molecule has 0 radical (unpaired) electrons. The average molecular weight is 625 g/mol. The lowest BCUT2D eigenvalue weighted by Gasteiger charge is -2.34. The maximum Gasteiger partial charge on any atom is 0.260 e. The van der Waals surface area contributed by atoms with Gasteiger partial charge in [-0.1, -0.05) is 39.0 Å². The zero-order valence-electron chi connectivity index (χ0n) is 24.6. The number of ether oxygens (including phenoxy) is 2. The van der Waals surface area contributed by atoms with Crippen molar-refractivity contribution in [3.05, 3.63) is 42.0 Å². The molecule has 0 saturated carbocycles. The summed E-state index contributed by atoms with van der Waals surface area (Å²) < 4.78 is 40.2. The fourth-order valence-electron chi connectivity index (χ4n) is 5.33. The van der Waals surface area contributed by atoms with Crippen molar-refractivity contribution in [1.82, 2.24) is 14.2 Å². The Morgan fingerprint density at radius 2 is 1.56 bits per heavy atom. The van der Waals surface area contributed by atoms with Crippen molar-refractivity contribution in [2.45, 2.75) is 39.0 Å². The van der Waals surface area contributed by atoms with Gasteiger partial charge >= 0.3 is 0 Å². The number of nitrogens with zero attached hydrogens (tertiary/aromatic N) is 4. The molecule has 0 spiro atoms. The number of rotatable bonds is 11. The number of sulfonamides is 1. The van der Waals surface area contributed by atoms with E-state index in [4.69, 9.17) is 14.5 Å². The molecule has 1 aliphatic heterocycles. The van der Waals surface area contributed by atoms with Crippen molar-refractivity contribution in [2.75, 3.05) is 58.4 Å². The highest BCUT2D eigenvalue weighted by Gasteiger charge is 2.32. The molecule has 1 aromatic heterocycles. The third-order valence-electron chi connectivity index (χ3n) is 7.48. The number of fused-ring (bicyclic) bond motifs is 1. The molecule has 41 heavy (non-hydrogen) atoms. The topological polar surface area (TPSA) is 92.3 Å². The van der Waals surface area contributed by atoms with Crippen molar-refractivity contribution in [1.29, 1.82) is 0 Å². The zero-order valence-corrected chi connectivity index (χ0v) is 27.1. The lowest BCUT2D eigenvalue weighted by molar-refractivity contribution is 0.0983. The average Bonchev–Trinajstić information content (AvgIpc) is 3.39. The van der Waals surface area contributed by atoms with E-state index in [0.717, 1.165) is 24.2 Å². The van der Waals surface area contributed by atoms with Crippen molar-refractivity contribution < 1.29 is 22.7 Å². The maximum atomic E-state index is 13.9. The highest BCUT2D eigenvalue weighted by Crippen LogP contribution is 2.40. The van der Waals surface area contributed by atoms with Crippen LogP contribution in [0.2, 0.25) is 0 Å². The van der Waals surface area contributed by atoms with Gasteiger partial charge in [0.2, 0.25) is 10.0 Å². The van der Waals surface area contributed by atoms with E-state index in [1.54, 1.807) is 53.8 Å². The van der Waals surface area contributed by atoms with E-state index >= 15 is 0 Å². The second-order valence-corrected chi connectivity index (χ2v) is 13.3. The summed E-state index contributed by atoms with van der Waals surface area (Å²) in [6.07, 6.45) is 1.02. The molecule has 3 aromatic rings. The molecule has 0 N–H and O–H groups in total. The van der Waals surface area contributed by atoms with Crippen LogP contribution in [0.5, 0.6) is 11.5 Å². The van der Waals surface area contributed by atoms with Crippen LogP contribution in [-0.2, 0) is 10.0 Å². The van der Waals surface area contributed by atoms with Gasteiger partial charge in [-0.2, -0.15) is 4.31 Å². The van der Waals surface area contributed by atoms with Gasteiger partial charge < -0.3 is 14.4 Å². The molecule has 0 aliphatic carbocycles. The Hall–Kier alpha value is -2.44. The molecule has 2 aromatic carbocycles. The Balaban J connectivity index is 0.00000462. The van der Waals surface area contributed by atoms with E-state index in [1.165, 1.54) is 11.3 Å². The van der Waals surface area contributed by atoms with Gasteiger partial charge in [0.25, 0.3) is 5.91 Å². The van der Waals surface area contributed by atoms with E-state index in [-0.39, 0.29) is 23.2 Å². The first-order chi connectivity index (χ1) is 19.1. The molecular formula is C29H41ClN4O5S2. The van der Waals surface area contributed by atoms with Crippen LogP contribution >= 0.6 is 23.7 Å². The van der Waals surface area contributed by atoms with Crippen LogP contribution in [0.15, 0.2) is 41.3 Å². The number of halogens is 1. The SMILES string of the molecule is CCN(CC)CCN(C(=O)c1ccc(S(=O)(=O)N2CC(C)CC(C)C2)cc1)c1nc2c(OC)ccc(OC)c2s1.Cl. The summed E-state index contributed by atoms with van der Waals surface area (Å²) in [4.78, 5) is 22.8. The zero-order chi connectivity index (χ0) is 29.0. The molecule has 1 saturated heterocycles. The molecule has 9 nitrogen and oxygen atoms in total. The van der Waals surface area contributed by atoms with Crippen LogP contribution in [-0.4, -0.2) is 82.0 Å². The smallest absolute Gasteiger partial charge is 0.260 e. The fourth-order valence-corrected chi connectivity index (χ4v) is 8.11. The van der Waals surface area contributed by atoms with Crippen LogP contribution in [0.25, 0.3) is 10.2 Å². The number of benzene rings is 2. The minimum absolute atomic E-state index is 0. The quantitative estimate of drug-likeness (QED) is 0.282. The molecular weight excluding hydrogens is 584 g/mol. The van der Waals surface area contributed by atoms with Gasteiger partial charge in [0, 0.05) is 31.7 Å². The van der Waals surface area contributed by atoms with Gasteiger partial charge in [-0.05, 0) is 67.7 Å². The Morgan fingerprint density at radius 1 is 0.976 bits per heavy atom. The van der Waals surface area contributed by atoms with E-state index in [9.17, 15) is 13.2 Å². The number of amides is 1. The van der Waals surface area contributed by atoms with E-state index < -0.39 is 10.0 Å². The van der Waals surface area contributed by atoms with Crippen LogP contribution in [0.3, 0.4) is 0 Å². The normalized spacial score (nSPS) is 17.8. The molecule has 2 unspecified atom stereocenters. The predicted molar refractivity (Wildman–Crippen MR) is 168 cm³/mol. The third kappa shape index (κ3) is 7.14. The minimum atomic E-state index is -3.64. The molecule has 1 amide bonds. The monoisotopic (exact) mass is 624 g/mol. The minimum Gasteiger partial charge on any atom is -0.495 e. The van der Waals surface area contributed by atoms with Crippen LogP contribution in [0.1, 0.15) is 44.5 Å². The first-order valence-electron chi connectivity index (χ1n) is 13.8. The van der Waals surface area contributed by atoms with Gasteiger partial charge in [-0.3, -0.25) is 9.69 Å². The Bertz CT molecular complexity index is 1380. The summed E-state index contributed by atoms with van der Waals surface area (Å²) in [6, 6.07) is 9.92.